The fourth-order valence-corrected chi connectivity index (χ4v) is 13.0. The highest BCUT2D eigenvalue weighted by Gasteiger charge is 2.50. The van der Waals surface area contributed by atoms with Crippen molar-refractivity contribution >= 4 is 40.0 Å². The monoisotopic (exact) mass is 1160 g/mol. The van der Waals surface area contributed by atoms with E-state index < -0.39 is 58.5 Å². The minimum absolute atomic E-state index is 0.0249. The summed E-state index contributed by atoms with van der Waals surface area (Å²) >= 11 is 1.43. The molecule has 3 fully saturated rings. The third kappa shape index (κ3) is 15.3. The SMILES string of the molecule is Cc1cc(NCCCCCC(=O)N(C)CCN2CCCCC2)sc1C(=O)N(C)CCCN(C)C(=O)CO[C@H]1Cc2ccccc2C12CCN(CC[C@]1(c3ccc(F)cc3)CN(C(=O)c3cc(C(F)(F)F)cc(C(F)(F)F)c3)CO1)CC2. The van der Waals surface area contributed by atoms with Gasteiger partial charge in [-0.25, -0.2) is 4.39 Å². The minimum Gasteiger partial charge on any atom is -0.377 e. The molecule has 4 aromatic rings. The summed E-state index contributed by atoms with van der Waals surface area (Å²) in [6, 6.07) is 16.4. The Hall–Kier alpha value is -5.61. The molecule has 0 radical (unpaired) electrons. The lowest BCUT2D eigenvalue weighted by Gasteiger charge is -2.44. The van der Waals surface area contributed by atoms with Crippen molar-refractivity contribution < 1.29 is 59.4 Å². The van der Waals surface area contributed by atoms with Crippen molar-refractivity contribution in [3.05, 3.63) is 122 Å². The van der Waals surface area contributed by atoms with Crippen LogP contribution in [0.15, 0.2) is 72.8 Å². The fourth-order valence-electron chi connectivity index (χ4n) is 11.9. The highest BCUT2D eigenvalue weighted by atomic mass is 32.1. The predicted molar refractivity (Wildman–Crippen MR) is 297 cm³/mol. The number of likely N-dealkylation sites (tertiary alicyclic amines) is 2. The van der Waals surface area contributed by atoms with Gasteiger partial charge in [-0.1, -0.05) is 49.2 Å². The molecule has 4 aliphatic rings. The number of carbonyl (C=O) groups excluding carboxylic acids is 4. The first kappa shape index (κ1) is 61.5. The highest BCUT2D eigenvalue weighted by Crippen LogP contribution is 2.48. The molecule has 4 heterocycles. The van der Waals surface area contributed by atoms with Gasteiger partial charge in [-0.15, -0.1) is 11.3 Å². The van der Waals surface area contributed by atoms with Crippen LogP contribution in [-0.4, -0.2) is 166 Å². The van der Waals surface area contributed by atoms with E-state index in [1.54, 1.807) is 23.9 Å². The van der Waals surface area contributed by atoms with Crippen molar-refractivity contribution in [1.82, 2.24) is 29.4 Å². The summed E-state index contributed by atoms with van der Waals surface area (Å²) in [5.74, 6) is -1.65. The molecule has 3 saturated heterocycles. The fraction of sp³-hybridized carbons (Fsp3) is 0.567. The smallest absolute Gasteiger partial charge is 0.377 e. The standard InChI is InChI=1S/C60H76F7N7O6S/c1-42-34-51(68-24-10-5-7-16-52(75)70(3)32-33-72-27-11-6-12-28-72)81-54(42)56(78)71(4)26-13-25-69(2)53(76)39-79-50-37-43-14-8-9-15-49(43)57(50)21-29-73(30-22-57)31-23-58(45-17-19-48(61)20-18-45)40-74(41-80-58)55(77)44-35-46(59(62,63)64)38-47(36-44)60(65,66)67/h8-9,14-15,17-20,34-36,38,50,68H,5-7,10-13,16,21-33,37,39-41H2,1-4H3/t50-,58+/m0/s1. The Bertz CT molecular complexity index is 2770. The van der Waals surface area contributed by atoms with Crippen LogP contribution in [0.25, 0.3) is 0 Å². The molecule has 442 valence electrons. The second-order valence-corrected chi connectivity index (χ2v) is 23.5. The van der Waals surface area contributed by atoms with E-state index in [2.05, 4.69) is 27.2 Å². The van der Waals surface area contributed by atoms with Crippen LogP contribution in [0, 0.1) is 12.7 Å². The first-order chi connectivity index (χ1) is 38.5. The molecule has 81 heavy (non-hydrogen) atoms. The van der Waals surface area contributed by atoms with Crippen molar-refractivity contribution in [3.8, 4) is 0 Å². The lowest BCUT2D eigenvalue weighted by Crippen LogP contribution is -2.50. The number of thiophene rings is 1. The number of alkyl halides is 6. The Morgan fingerprint density at radius 2 is 1.41 bits per heavy atom. The van der Waals surface area contributed by atoms with E-state index in [0.29, 0.717) is 87.4 Å². The van der Waals surface area contributed by atoms with E-state index in [-0.39, 0.29) is 49.5 Å². The second kappa shape index (κ2) is 26.7. The zero-order valence-corrected chi connectivity index (χ0v) is 47.7. The number of nitrogens with one attached hydrogen (secondary N) is 1. The minimum atomic E-state index is -5.14. The van der Waals surface area contributed by atoms with Gasteiger partial charge in [0.05, 0.1) is 33.7 Å². The number of benzene rings is 3. The van der Waals surface area contributed by atoms with Crippen molar-refractivity contribution in [2.75, 3.05) is 112 Å². The molecule has 0 saturated carbocycles. The summed E-state index contributed by atoms with van der Waals surface area (Å²) in [4.78, 5) is 65.2. The summed E-state index contributed by atoms with van der Waals surface area (Å²) in [6.07, 6.45) is -0.714. The number of anilines is 1. The summed E-state index contributed by atoms with van der Waals surface area (Å²) in [5, 5.41) is 4.39. The van der Waals surface area contributed by atoms with E-state index in [1.165, 1.54) is 60.4 Å². The van der Waals surface area contributed by atoms with Gasteiger partial charge >= 0.3 is 12.4 Å². The number of likely N-dealkylation sites (N-methyl/N-ethyl adjacent to an activating group) is 2. The summed E-state index contributed by atoms with van der Waals surface area (Å²) in [5.41, 5.74) is -1.91. The van der Waals surface area contributed by atoms with Gasteiger partial charge in [0.25, 0.3) is 11.8 Å². The quantitative estimate of drug-likeness (QED) is 0.0572. The summed E-state index contributed by atoms with van der Waals surface area (Å²) < 4.78 is 109. The number of halogens is 7. The number of amides is 4. The van der Waals surface area contributed by atoms with Gasteiger partial charge in [0.2, 0.25) is 11.8 Å². The van der Waals surface area contributed by atoms with Gasteiger partial charge in [-0.2, -0.15) is 26.3 Å². The molecule has 13 nitrogen and oxygen atoms in total. The Balaban J connectivity index is 0.787. The van der Waals surface area contributed by atoms with Crippen LogP contribution in [-0.2, 0) is 48.9 Å². The third-order valence-electron chi connectivity index (χ3n) is 16.9. The van der Waals surface area contributed by atoms with E-state index in [4.69, 9.17) is 9.47 Å². The third-order valence-corrected chi connectivity index (χ3v) is 18.0. The number of ether oxygens (including phenoxy) is 2. The molecule has 0 bridgehead atoms. The number of piperidine rings is 2. The maximum atomic E-state index is 14.2. The van der Waals surface area contributed by atoms with Crippen LogP contribution < -0.4 is 5.32 Å². The largest absolute Gasteiger partial charge is 0.416 e. The molecule has 21 heteroatoms. The lowest BCUT2D eigenvalue weighted by molar-refractivity contribution is -0.143. The van der Waals surface area contributed by atoms with Gasteiger partial charge < -0.3 is 44.2 Å². The van der Waals surface area contributed by atoms with Gasteiger partial charge in [0, 0.05) is 77.8 Å². The molecule has 3 aromatic carbocycles. The number of hydrogen-bond donors (Lipinski definition) is 1. The van der Waals surface area contributed by atoms with Crippen molar-refractivity contribution in [2.45, 2.75) is 113 Å². The average Bonchev–Trinajstić information content (AvgIpc) is 4.36. The molecule has 1 aliphatic carbocycles. The van der Waals surface area contributed by atoms with Crippen molar-refractivity contribution in [1.29, 1.82) is 0 Å². The summed E-state index contributed by atoms with van der Waals surface area (Å²) in [7, 11) is 5.40. The van der Waals surface area contributed by atoms with Crippen LogP contribution in [0.4, 0.5) is 35.7 Å². The van der Waals surface area contributed by atoms with E-state index >= 15 is 0 Å². The normalized spacial score (nSPS) is 19.4. The van der Waals surface area contributed by atoms with Gasteiger partial charge in [0.15, 0.2) is 0 Å². The zero-order valence-electron chi connectivity index (χ0n) is 46.9. The zero-order chi connectivity index (χ0) is 58.1. The van der Waals surface area contributed by atoms with Crippen LogP contribution in [0.1, 0.15) is 124 Å². The molecule has 1 N–H and O–H groups in total. The first-order valence-corrected chi connectivity index (χ1v) is 29.1. The van der Waals surface area contributed by atoms with Gasteiger partial charge in [0.1, 0.15) is 24.8 Å². The van der Waals surface area contributed by atoms with Crippen LogP contribution in [0.3, 0.4) is 0 Å². The number of nitrogens with zero attached hydrogens (tertiary/aromatic N) is 6. The van der Waals surface area contributed by atoms with Crippen molar-refractivity contribution in [3.63, 3.8) is 0 Å². The number of fused-ring (bicyclic) bond motifs is 2. The molecule has 4 amide bonds. The Labute approximate surface area is 474 Å². The molecular weight excluding hydrogens is 1080 g/mol. The predicted octanol–water partition coefficient (Wildman–Crippen LogP) is 10.5. The Morgan fingerprint density at radius 3 is 2.10 bits per heavy atom. The van der Waals surface area contributed by atoms with Crippen molar-refractivity contribution in [2.24, 2.45) is 0 Å². The number of unbranched alkanes of at least 4 members (excludes halogenated alkanes) is 2. The molecule has 1 aromatic heterocycles. The summed E-state index contributed by atoms with van der Waals surface area (Å²) in [6.45, 7) is 8.43. The Morgan fingerprint density at radius 1 is 0.753 bits per heavy atom. The number of rotatable bonds is 23. The topological polar surface area (TPSA) is 118 Å². The number of carbonyl (C=O) groups is 4. The molecule has 3 aliphatic heterocycles. The molecule has 1 spiro atoms. The maximum absolute atomic E-state index is 14.2. The highest BCUT2D eigenvalue weighted by molar-refractivity contribution is 7.18. The molecular formula is C60H76F7N7O6S. The molecule has 8 rings (SSSR count). The van der Waals surface area contributed by atoms with Crippen LogP contribution >= 0.6 is 11.3 Å². The number of aryl methyl sites for hydroxylation is 1. The second-order valence-electron chi connectivity index (χ2n) is 22.5. The molecule has 0 unspecified atom stereocenters. The van der Waals surface area contributed by atoms with E-state index in [0.717, 1.165) is 73.0 Å². The van der Waals surface area contributed by atoms with Gasteiger partial charge in [-0.3, -0.25) is 19.2 Å². The van der Waals surface area contributed by atoms with Gasteiger partial charge in [-0.05, 0) is 150 Å². The Kier molecular flexibility index (Phi) is 20.3. The first-order valence-electron chi connectivity index (χ1n) is 28.3. The maximum Gasteiger partial charge on any atom is 0.416 e. The number of hydrogen-bond acceptors (Lipinski definition) is 10. The molecule has 2 atom stereocenters. The van der Waals surface area contributed by atoms with E-state index in [1.807, 2.05) is 37.1 Å². The van der Waals surface area contributed by atoms with E-state index in [9.17, 15) is 49.9 Å². The average molecular weight is 1160 g/mol. The van der Waals surface area contributed by atoms with Crippen LogP contribution in [0.5, 0.6) is 0 Å². The van der Waals surface area contributed by atoms with Crippen LogP contribution in [0.2, 0.25) is 0 Å². The lowest BCUT2D eigenvalue weighted by atomic mass is 9.72.